The van der Waals surface area contributed by atoms with Gasteiger partial charge in [-0.2, -0.15) is 0 Å². The Balaban J connectivity index is 1.60. The summed E-state index contributed by atoms with van der Waals surface area (Å²) in [7, 11) is 0. The number of hydrogen-bond donors (Lipinski definition) is 2. The summed E-state index contributed by atoms with van der Waals surface area (Å²) in [6, 6.07) is 0.628. The highest BCUT2D eigenvalue weighted by Gasteiger charge is 2.36. The average molecular weight is 308 g/mol. The molecule has 2 N–H and O–H groups in total. The van der Waals surface area contributed by atoms with Crippen molar-refractivity contribution in [2.45, 2.75) is 50.7 Å². The number of piperidine rings is 1. The third kappa shape index (κ3) is 3.44. The van der Waals surface area contributed by atoms with E-state index in [-0.39, 0.29) is 18.0 Å². The van der Waals surface area contributed by atoms with Crippen LogP contribution in [0.1, 0.15) is 43.7 Å². The highest BCUT2D eigenvalue weighted by atomic mass is 32.1. The van der Waals surface area contributed by atoms with E-state index in [1.54, 1.807) is 17.5 Å². The van der Waals surface area contributed by atoms with E-state index >= 15 is 0 Å². The van der Waals surface area contributed by atoms with E-state index in [0.717, 1.165) is 50.3 Å². The molecular formula is C15H24N4OS. The molecule has 0 aromatic carbocycles. The van der Waals surface area contributed by atoms with Crippen LogP contribution in [0.4, 0.5) is 0 Å². The first-order valence-corrected chi connectivity index (χ1v) is 8.80. The lowest BCUT2D eigenvalue weighted by Crippen LogP contribution is -2.51. The van der Waals surface area contributed by atoms with Crippen LogP contribution in [-0.4, -0.2) is 47.5 Å². The van der Waals surface area contributed by atoms with Gasteiger partial charge in [-0.3, -0.25) is 9.69 Å². The van der Waals surface area contributed by atoms with Crippen molar-refractivity contribution in [1.82, 2.24) is 20.5 Å². The smallest absolute Gasteiger partial charge is 0.237 e. The lowest BCUT2D eigenvalue weighted by Gasteiger charge is -2.35. The first-order valence-electron chi connectivity index (χ1n) is 7.92. The molecule has 3 heterocycles. The number of aromatic nitrogens is 1. The van der Waals surface area contributed by atoms with Gasteiger partial charge in [0.05, 0.1) is 12.1 Å². The van der Waals surface area contributed by atoms with Gasteiger partial charge in [0.2, 0.25) is 5.91 Å². The van der Waals surface area contributed by atoms with Crippen molar-refractivity contribution >= 4 is 17.2 Å². The summed E-state index contributed by atoms with van der Waals surface area (Å²) in [6.07, 6.45) is 6.23. The van der Waals surface area contributed by atoms with Crippen LogP contribution in [0.2, 0.25) is 0 Å². The molecule has 116 valence electrons. The molecule has 1 amide bonds. The Kier molecular flexibility index (Phi) is 4.87. The molecule has 21 heavy (non-hydrogen) atoms. The molecule has 2 atom stereocenters. The van der Waals surface area contributed by atoms with Crippen LogP contribution >= 0.6 is 11.3 Å². The summed E-state index contributed by atoms with van der Waals surface area (Å²) in [5.41, 5.74) is 0. The number of likely N-dealkylation sites (tertiary alicyclic amines) is 1. The molecule has 2 unspecified atom stereocenters. The average Bonchev–Trinajstić information content (AvgIpc) is 3.19. The zero-order valence-electron chi connectivity index (χ0n) is 12.5. The summed E-state index contributed by atoms with van der Waals surface area (Å²) in [6.45, 7) is 5.23. The highest BCUT2D eigenvalue weighted by molar-refractivity contribution is 7.09. The van der Waals surface area contributed by atoms with E-state index in [4.69, 9.17) is 0 Å². The molecule has 5 nitrogen and oxygen atoms in total. The van der Waals surface area contributed by atoms with Crippen molar-refractivity contribution in [3.63, 3.8) is 0 Å². The minimum Gasteiger partial charge on any atom is -0.346 e. The second-order valence-corrected chi connectivity index (χ2v) is 6.90. The Morgan fingerprint density at radius 2 is 2.29 bits per heavy atom. The van der Waals surface area contributed by atoms with E-state index in [1.165, 1.54) is 0 Å². The maximum Gasteiger partial charge on any atom is 0.237 e. The molecule has 3 rings (SSSR count). The number of carbonyl (C=O) groups is 1. The van der Waals surface area contributed by atoms with E-state index < -0.39 is 0 Å². The van der Waals surface area contributed by atoms with Crippen molar-refractivity contribution in [1.29, 1.82) is 0 Å². The van der Waals surface area contributed by atoms with Gasteiger partial charge in [0, 0.05) is 17.6 Å². The van der Waals surface area contributed by atoms with Gasteiger partial charge in [-0.05, 0) is 52.2 Å². The second kappa shape index (κ2) is 6.85. The molecule has 2 fully saturated rings. The Bertz CT molecular complexity index is 458. The van der Waals surface area contributed by atoms with Gasteiger partial charge >= 0.3 is 0 Å². The van der Waals surface area contributed by atoms with Crippen molar-refractivity contribution in [3.8, 4) is 0 Å². The molecule has 1 aromatic heterocycles. The molecular weight excluding hydrogens is 284 g/mol. The van der Waals surface area contributed by atoms with Gasteiger partial charge in [-0.15, -0.1) is 11.3 Å². The van der Waals surface area contributed by atoms with Crippen molar-refractivity contribution < 1.29 is 4.79 Å². The molecule has 0 radical (unpaired) electrons. The first-order chi connectivity index (χ1) is 10.3. The van der Waals surface area contributed by atoms with Crippen molar-refractivity contribution in [2.24, 2.45) is 0 Å². The van der Waals surface area contributed by atoms with Gasteiger partial charge in [0.25, 0.3) is 0 Å². The summed E-state index contributed by atoms with van der Waals surface area (Å²) >= 11 is 1.60. The summed E-state index contributed by atoms with van der Waals surface area (Å²) in [4.78, 5) is 19.3. The third-order valence-corrected chi connectivity index (χ3v) is 5.51. The summed E-state index contributed by atoms with van der Waals surface area (Å²) in [5.74, 6) is 0.175. The van der Waals surface area contributed by atoms with Gasteiger partial charge in [0.15, 0.2) is 0 Å². The van der Waals surface area contributed by atoms with Crippen molar-refractivity contribution in [2.75, 3.05) is 19.6 Å². The quantitative estimate of drug-likeness (QED) is 0.886. The maximum atomic E-state index is 12.6. The minimum absolute atomic E-state index is 0.00738. The van der Waals surface area contributed by atoms with Crippen LogP contribution in [-0.2, 0) is 4.79 Å². The fourth-order valence-electron chi connectivity index (χ4n) is 3.47. The lowest BCUT2D eigenvalue weighted by molar-refractivity contribution is -0.127. The highest BCUT2D eigenvalue weighted by Crippen LogP contribution is 2.25. The van der Waals surface area contributed by atoms with Crippen LogP contribution in [0.3, 0.4) is 0 Å². The predicted octanol–water partition coefficient (Wildman–Crippen LogP) is 1.54. The molecule has 6 heteroatoms. The normalized spacial score (nSPS) is 25.9. The molecule has 2 saturated heterocycles. The van der Waals surface area contributed by atoms with Gasteiger partial charge in [-0.25, -0.2) is 4.98 Å². The Morgan fingerprint density at radius 3 is 3.00 bits per heavy atom. The van der Waals surface area contributed by atoms with E-state index in [2.05, 4.69) is 20.5 Å². The maximum absolute atomic E-state index is 12.6. The molecule has 2 aliphatic heterocycles. The van der Waals surface area contributed by atoms with Gasteiger partial charge in [0.1, 0.15) is 5.01 Å². The SMILES string of the molecule is CC(NC(=O)C1CCCN1C1CCNCC1)c1nccs1. The lowest BCUT2D eigenvalue weighted by atomic mass is 10.0. The van der Waals surface area contributed by atoms with E-state index in [9.17, 15) is 4.79 Å². The largest absolute Gasteiger partial charge is 0.346 e. The summed E-state index contributed by atoms with van der Waals surface area (Å²) in [5, 5.41) is 9.48. The molecule has 0 saturated carbocycles. The first kappa shape index (κ1) is 14.9. The molecule has 0 bridgehead atoms. The topological polar surface area (TPSA) is 57.3 Å². The number of amides is 1. The fourth-order valence-corrected chi connectivity index (χ4v) is 4.11. The number of hydrogen-bond acceptors (Lipinski definition) is 5. The van der Waals surface area contributed by atoms with Gasteiger partial charge in [-0.1, -0.05) is 0 Å². The molecule has 0 aliphatic carbocycles. The molecule has 2 aliphatic rings. The standard InChI is InChI=1S/C15H24N4OS/c1-11(15-17-8-10-21-15)18-14(20)13-3-2-9-19(13)12-4-6-16-7-5-12/h8,10-13,16H,2-7,9H2,1H3,(H,18,20). The Labute approximate surface area is 130 Å². The number of thiazole rings is 1. The fraction of sp³-hybridized carbons (Fsp3) is 0.733. The number of nitrogens with one attached hydrogen (secondary N) is 2. The Hall–Kier alpha value is -0.980. The molecule has 0 spiro atoms. The van der Waals surface area contributed by atoms with Crippen LogP contribution in [0, 0.1) is 0 Å². The van der Waals surface area contributed by atoms with Crippen LogP contribution in [0.25, 0.3) is 0 Å². The minimum atomic E-state index is 0.00738. The van der Waals surface area contributed by atoms with Gasteiger partial charge < -0.3 is 10.6 Å². The number of nitrogens with zero attached hydrogens (tertiary/aromatic N) is 2. The summed E-state index contributed by atoms with van der Waals surface area (Å²) < 4.78 is 0. The number of rotatable bonds is 4. The van der Waals surface area contributed by atoms with E-state index in [0.29, 0.717) is 6.04 Å². The predicted molar refractivity (Wildman–Crippen MR) is 84.3 cm³/mol. The third-order valence-electron chi connectivity index (χ3n) is 4.56. The molecule has 1 aromatic rings. The van der Waals surface area contributed by atoms with E-state index in [1.807, 2.05) is 12.3 Å². The number of carbonyl (C=O) groups excluding carboxylic acids is 1. The van der Waals surface area contributed by atoms with Crippen LogP contribution in [0.5, 0.6) is 0 Å². The second-order valence-electron chi connectivity index (χ2n) is 5.98. The Morgan fingerprint density at radius 1 is 1.48 bits per heavy atom. The zero-order valence-corrected chi connectivity index (χ0v) is 13.4. The van der Waals surface area contributed by atoms with Crippen molar-refractivity contribution in [3.05, 3.63) is 16.6 Å². The van der Waals surface area contributed by atoms with Crippen LogP contribution in [0.15, 0.2) is 11.6 Å². The van der Waals surface area contributed by atoms with Crippen LogP contribution < -0.4 is 10.6 Å². The monoisotopic (exact) mass is 308 g/mol. The zero-order chi connectivity index (χ0) is 14.7.